The van der Waals surface area contributed by atoms with Gasteiger partial charge in [-0.15, -0.1) is 0 Å². The number of carbonyl (C=O) groups excluding carboxylic acids is 2. The van der Waals surface area contributed by atoms with Crippen LogP contribution in [0.15, 0.2) is 18.2 Å². The normalized spacial score (nSPS) is 19.7. The number of ketones is 1. The highest BCUT2D eigenvalue weighted by Crippen LogP contribution is 2.26. The average molecular weight is 205 g/mol. The van der Waals surface area contributed by atoms with E-state index >= 15 is 0 Å². The molecule has 1 aromatic carbocycles. The number of carbonyl (C=O) groups is 2. The lowest BCUT2D eigenvalue weighted by Gasteiger charge is -2.21. The van der Waals surface area contributed by atoms with Crippen molar-refractivity contribution in [3.8, 4) is 0 Å². The van der Waals surface area contributed by atoms with Crippen LogP contribution in [-0.2, 0) is 11.2 Å². The predicted octanol–water partition coefficient (Wildman–Crippen LogP) is 0.745. The summed E-state index contributed by atoms with van der Waals surface area (Å²) in [4.78, 5) is 22.9. The van der Waals surface area contributed by atoms with Crippen LogP contribution in [-0.4, -0.2) is 22.9 Å². The molecular formula is C11H11NO3. The topological polar surface area (TPSA) is 66.4 Å². The van der Waals surface area contributed by atoms with Crippen LogP contribution in [0.3, 0.4) is 0 Å². The lowest BCUT2D eigenvalue weighted by molar-refractivity contribution is -0.122. The summed E-state index contributed by atoms with van der Waals surface area (Å²) in [5.74, 6) is -1.16. The van der Waals surface area contributed by atoms with Gasteiger partial charge in [-0.2, -0.15) is 0 Å². The molecule has 4 heteroatoms. The Morgan fingerprint density at radius 2 is 2.13 bits per heavy atom. The second-order valence-corrected chi connectivity index (χ2v) is 3.45. The molecule has 1 unspecified atom stereocenters. The maximum atomic E-state index is 11.7. The molecule has 2 rings (SSSR count). The molecule has 0 spiro atoms. The Hall–Kier alpha value is -1.68. The molecule has 0 aliphatic carbocycles. The third kappa shape index (κ3) is 1.43. The van der Waals surface area contributed by atoms with E-state index in [1.54, 1.807) is 12.1 Å². The Labute approximate surface area is 86.9 Å². The molecule has 0 fully saturated rings. The van der Waals surface area contributed by atoms with E-state index < -0.39 is 17.8 Å². The summed E-state index contributed by atoms with van der Waals surface area (Å²) in [7, 11) is 0. The number of aryl methyl sites for hydroxylation is 1. The zero-order valence-electron chi connectivity index (χ0n) is 8.28. The summed E-state index contributed by atoms with van der Waals surface area (Å²) in [6, 6.07) is 5.26. The Morgan fingerprint density at radius 1 is 1.40 bits per heavy atom. The Balaban J connectivity index is 2.60. The lowest BCUT2D eigenvalue weighted by Crippen LogP contribution is -2.40. The molecule has 0 saturated carbocycles. The number of fused-ring (bicyclic) bond motifs is 1. The first kappa shape index (κ1) is 9.86. The van der Waals surface area contributed by atoms with Crippen LogP contribution in [0, 0.1) is 0 Å². The molecule has 15 heavy (non-hydrogen) atoms. The van der Waals surface area contributed by atoms with E-state index in [0.29, 0.717) is 17.7 Å². The zero-order chi connectivity index (χ0) is 11.0. The van der Waals surface area contributed by atoms with Crippen LogP contribution >= 0.6 is 0 Å². The van der Waals surface area contributed by atoms with E-state index in [2.05, 4.69) is 5.32 Å². The molecule has 0 aromatic heterocycles. The summed E-state index contributed by atoms with van der Waals surface area (Å²) in [5.41, 5.74) is 1.78. The molecule has 1 aliphatic heterocycles. The standard InChI is InChI=1S/C11H11NO3/c1-2-6-4-3-5-7-8(6)9(13)10(14)11(15)12-7/h3-5,10,14H,2H2,1H3,(H,12,15). The summed E-state index contributed by atoms with van der Waals surface area (Å²) >= 11 is 0. The quantitative estimate of drug-likeness (QED) is 0.665. The van der Waals surface area contributed by atoms with Gasteiger partial charge in [0.1, 0.15) is 0 Å². The highest BCUT2D eigenvalue weighted by Gasteiger charge is 2.33. The SMILES string of the molecule is CCc1cccc2c1C(=O)C(O)C(=O)N2. The number of hydrogen-bond donors (Lipinski definition) is 2. The van der Waals surface area contributed by atoms with Gasteiger partial charge in [-0.3, -0.25) is 9.59 Å². The van der Waals surface area contributed by atoms with Gasteiger partial charge >= 0.3 is 0 Å². The van der Waals surface area contributed by atoms with Crippen LogP contribution < -0.4 is 5.32 Å². The summed E-state index contributed by atoms with van der Waals surface area (Å²) in [6.45, 7) is 1.92. The largest absolute Gasteiger partial charge is 0.376 e. The molecule has 4 nitrogen and oxygen atoms in total. The zero-order valence-corrected chi connectivity index (χ0v) is 8.28. The molecule has 1 aromatic rings. The fourth-order valence-electron chi connectivity index (χ4n) is 1.75. The average Bonchev–Trinajstić information content (AvgIpc) is 2.25. The molecule has 0 bridgehead atoms. The molecule has 1 aliphatic rings. The number of hydrogen-bond acceptors (Lipinski definition) is 3. The van der Waals surface area contributed by atoms with E-state index in [4.69, 9.17) is 0 Å². The molecule has 0 radical (unpaired) electrons. The number of nitrogens with one attached hydrogen (secondary N) is 1. The van der Waals surface area contributed by atoms with Gasteiger partial charge in [0.25, 0.3) is 5.91 Å². The summed E-state index contributed by atoms with van der Waals surface area (Å²) in [5, 5.41) is 11.9. The van der Waals surface area contributed by atoms with Crippen LogP contribution in [0.2, 0.25) is 0 Å². The van der Waals surface area contributed by atoms with Gasteiger partial charge in [0.15, 0.2) is 6.10 Å². The van der Waals surface area contributed by atoms with E-state index in [9.17, 15) is 14.7 Å². The first-order chi connectivity index (χ1) is 7.15. The maximum absolute atomic E-state index is 11.7. The fourth-order valence-corrected chi connectivity index (χ4v) is 1.75. The minimum absolute atomic E-state index is 0.437. The van der Waals surface area contributed by atoms with E-state index in [-0.39, 0.29) is 0 Å². The third-order valence-electron chi connectivity index (χ3n) is 2.53. The molecule has 0 saturated heterocycles. The van der Waals surface area contributed by atoms with E-state index in [1.165, 1.54) is 0 Å². The number of anilines is 1. The molecular weight excluding hydrogens is 194 g/mol. The Bertz CT molecular complexity index is 439. The number of benzene rings is 1. The van der Waals surface area contributed by atoms with E-state index in [0.717, 1.165) is 5.56 Å². The van der Waals surface area contributed by atoms with Gasteiger partial charge in [-0.25, -0.2) is 0 Å². The monoisotopic (exact) mass is 205 g/mol. The van der Waals surface area contributed by atoms with Crippen molar-refractivity contribution in [1.82, 2.24) is 0 Å². The van der Waals surface area contributed by atoms with Gasteiger partial charge in [0, 0.05) is 5.56 Å². The molecule has 1 atom stereocenters. The van der Waals surface area contributed by atoms with Gasteiger partial charge in [0.2, 0.25) is 5.78 Å². The summed E-state index contributed by atoms with van der Waals surface area (Å²) < 4.78 is 0. The highest BCUT2D eigenvalue weighted by molar-refractivity contribution is 6.23. The molecule has 1 amide bonds. The molecule has 78 valence electrons. The molecule has 1 heterocycles. The van der Waals surface area contributed by atoms with Crippen molar-refractivity contribution in [2.24, 2.45) is 0 Å². The van der Waals surface area contributed by atoms with Crippen molar-refractivity contribution < 1.29 is 14.7 Å². The van der Waals surface area contributed by atoms with Crippen LogP contribution in [0.1, 0.15) is 22.8 Å². The number of Topliss-reactive ketones (excluding diaryl/α,β-unsaturated/α-hetero) is 1. The lowest BCUT2D eigenvalue weighted by atomic mass is 9.93. The van der Waals surface area contributed by atoms with Crippen LogP contribution in [0.5, 0.6) is 0 Å². The number of aliphatic hydroxyl groups is 1. The van der Waals surface area contributed by atoms with Crippen LogP contribution in [0.4, 0.5) is 5.69 Å². The molecule has 2 N–H and O–H groups in total. The second kappa shape index (κ2) is 3.47. The van der Waals surface area contributed by atoms with Crippen molar-refractivity contribution in [3.63, 3.8) is 0 Å². The van der Waals surface area contributed by atoms with Crippen LogP contribution in [0.25, 0.3) is 0 Å². The minimum atomic E-state index is -1.56. The smallest absolute Gasteiger partial charge is 0.261 e. The first-order valence-electron chi connectivity index (χ1n) is 4.80. The van der Waals surface area contributed by atoms with Crippen molar-refractivity contribution in [2.75, 3.05) is 5.32 Å². The van der Waals surface area contributed by atoms with Crippen molar-refractivity contribution >= 4 is 17.4 Å². The summed E-state index contributed by atoms with van der Waals surface area (Å²) in [6.07, 6.45) is -0.873. The first-order valence-corrected chi connectivity index (χ1v) is 4.80. The second-order valence-electron chi connectivity index (χ2n) is 3.45. The highest BCUT2D eigenvalue weighted by atomic mass is 16.3. The van der Waals surface area contributed by atoms with Gasteiger partial charge in [-0.05, 0) is 18.1 Å². The Kier molecular flexibility index (Phi) is 2.28. The maximum Gasteiger partial charge on any atom is 0.261 e. The predicted molar refractivity (Wildman–Crippen MR) is 54.8 cm³/mol. The van der Waals surface area contributed by atoms with Gasteiger partial charge < -0.3 is 10.4 Å². The number of rotatable bonds is 1. The van der Waals surface area contributed by atoms with Gasteiger partial charge in [0.05, 0.1) is 5.69 Å². The van der Waals surface area contributed by atoms with Crippen molar-refractivity contribution in [3.05, 3.63) is 29.3 Å². The van der Waals surface area contributed by atoms with E-state index in [1.807, 2.05) is 13.0 Å². The third-order valence-corrected chi connectivity index (χ3v) is 2.53. The van der Waals surface area contributed by atoms with Gasteiger partial charge in [-0.1, -0.05) is 19.1 Å². The fraction of sp³-hybridized carbons (Fsp3) is 0.273. The number of amides is 1. The van der Waals surface area contributed by atoms with Crippen molar-refractivity contribution in [2.45, 2.75) is 19.4 Å². The Morgan fingerprint density at radius 3 is 2.80 bits per heavy atom. The minimum Gasteiger partial charge on any atom is -0.376 e. The number of aliphatic hydroxyl groups excluding tert-OH is 1. The van der Waals surface area contributed by atoms with Crippen molar-refractivity contribution in [1.29, 1.82) is 0 Å².